The first-order valence-corrected chi connectivity index (χ1v) is 7.40. The molecule has 0 fully saturated rings. The van der Waals surface area contributed by atoms with Gasteiger partial charge in [-0.1, -0.05) is 48.5 Å². The van der Waals surface area contributed by atoms with Gasteiger partial charge in [-0.3, -0.25) is 0 Å². The fourth-order valence-electron chi connectivity index (χ4n) is 2.11. The SMILES string of the molecule is C=CCCNC(C)c1ccc(OCc2ccccc2)cc1. The van der Waals surface area contributed by atoms with E-state index in [2.05, 4.69) is 43.1 Å². The van der Waals surface area contributed by atoms with Gasteiger partial charge in [0.15, 0.2) is 0 Å². The van der Waals surface area contributed by atoms with Gasteiger partial charge < -0.3 is 10.1 Å². The fraction of sp³-hybridized carbons (Fsp3) is 0.263. The molecule has 2 heteroatoms. The van der Waals surface area contributed by atoms with Crippen LogP contribution >= 0.6 is 0 Å². The average molecular weight is 281 g/mol. The number of benzene rings is 2. The summed E-state index contributed by atoms with van der Waals surface area (Å²) in [6, 6.07) is 18.8. The van der Waals surface area contributed by atoms with Crippen LogP contribution in [0.3, 0.4) is 0 Å². The minimum atomic E-state index is 0.341. The summed E-state index contributed by atoms with van der Waals surface area (Å²) >= 11 is 0. The van der Waals surface area contributed by atoms with Crippen LogP contribution in [-0.4, -0.2) is 6.54 Å². The van der Waals surface area contributed by atoms with E-state index >= 15 is 0 Å². The maximum absolute atomic E-state index is 5.79. The summed E-state index contributed by atoms with van der Waals surface area (Å²) < 4.78 is 5.79. The molecule has 0 aliphatic heterocycles. The summed E-state index contributed by atoms with van der Waals surface area (Å²) in [4.78, 5) is 0. The van der Waals surface area contributed by atoms with Crippen LogP contribution in [0.15, 0.2) is 67.3 Å². The highest BCUT2D eigenvalue weighted by atomic mass is 16.5. The molecule has 2 aromatic rings. The Balaban J connectivity index is 1.85. The largest absolute Gasteiger partial charge is 0.489 e. The van der Waals surface area contributed by atoms with Crippen molar-refractivity contribution < 1.29 is 4.74 Å². The van der Waals surface area contributed by atoms with Crippen molar-refractivity contribution in [2.75, 3.05) is 6.54 Å². The van der Waals surface area contributed by atoms with Gasteiger partial charge in [0.05, 0.1) is 0 Å². The van der Waals surface area contributed by atoms with Gasteiger partial charge in [-0.05, 0) is 43.1 Å². The molecule has 0 saturated heterocycles. The molecule has 0 radical (unpaired) electrons. The molecule has 2 aromatic carbocycles. The first-order valence-electron chi connectivity index (χ1n) is 7.40. The summed E-state index contributed by atoms with van der Waals surface area (Å²) in [7, 11) is 0. The highest BCUT2D eigenvalue weighted by molar-refractivity contribution is 5.29. The lowest BCUT2D eigenvalue weighted by Crippen LogP contribution is -2.19. The molecule has 110 valence electrons. The molecule has 2 rings (SSSR count). The molecule has 0 amide bonds. The molecule has 0 aliphatic rings. The molecular formula is C19H23NO. The zero-order valence-corrected chi connectivity index (χ0v) is 12.6. The van der Waals surface area contributed by atoms with E-state index < -0.39 is 0 Å². The Morgan fingerprint density at radius 1 is 1.10 bits per heavy atom. The van der Waals surface area contributed by atoms with Crippen molar-refractivity contribution in [3.63, 3.8) is 0 Å². The molecule has 1 atom stereocenters. The second-order valence-electron chi connectivity index (χ2n) is 5.10. The molecular weight excluding hydrogens is 258 g/mol. The van der Waals surface area contributed by atoms with E-state index in [0.717, 1.165) is 18.7 Å². The van der Waals surface area contributed by atoms with Crippen molar-refractivity contribution in [1.29, 1.82) is 0 Å². The van der Waals surface area contributed by atoms with Crippen LogP contribution in [0.5, 0.6) is 5.75 Å². The minimum Gasteiger partial charge on any atom is -0.489 e. The number of nitrogens with one attached hydrogen (secondary N) is 1. The van der Waals surface area contributed by atoms with Crippen molar-refractivity contribution in [3.8, 4) is 5.75 Å². The van der Waals surface area contributed by atoms with Gasteiger partial charge in [0.2, 0.25) is 0 Å². The predicted molar refractivity (Wildman–Crippen MR) is 88.4 cm³/mol. The van der Waals surface area contributed by atoms with Gasteiger partial charge in [0, 0.05) is 6.04 Å². The third-order valence-electron chi connectivity index (χ3n) is 3.43. The van der Waals surface area contributed by atoms with E-state index in [1.807, 2.05) is 36.4 Å². The molecule has 0 spiro atoms. The normalized spacial score (nSPS) is 11.9. The lowest BCUT2D eigenvalue weighted by atomic mass is 10.1. The first-order chi connectivity index (χ1) is 10.3. The van der Waals surface area contributed by atoms with Crippen LogP contribution in [0, 0.1) is 0 Å². The summed E-state index contributed by atoms with van der Waals surface area (Å²) in [6.45, 7) is 7.46. The van der Waals surface area contributed by atoms with Crippen LogP contribution in [0.1, 0.15) is 30.5 Å². The third kappa shape index (κ3) is 5.09. The number of hydrogen-bond acceptors (Lipinski definition) is 2. The Morgan fingerprint density at radius 2 is 1.81 bits per heavy atom. The molecule has 0 bridgehead atoms. The van der Waals surface area contributed by atoms with Crippen molar-refractivity contribution in [2.45, 2.75) is 26.0 Å². The highest BCUT2D eigenvalue weighted by Gasteiger charge is 2.04. The van der Waals surface area contributed by atoms with E-state index in [1.165, 1.54) is 11.1 Å². The summed E-state index contributed by atoms with van der Waals surface area (Å²) in [5, 5.41) is 3.47. The molecule has 0 aromatic heterocycles. The van der Waals surface area contributed by atoms with Gasteiger partial charge in [-0.2, -0.15) is 0 Å². The number of hydrogen-bond donors (Lipinski definition) is 1. The first kappa shape index (κ1) is 15.3. The maximum atomic E-state index is 5.79. The molecule has 0 saturated carbocycles. The summed E-state index contributed by atoms with van der Waals surface area (Å²) in [6.07, 6.45) is 2.92. The van der Waals surface area contributed by atoms with Gasteiger partial charge in [0.25, 0.3) is 0 Å². The number of ether oxygens (including phenoxy) is 1. The van der Waals surface area contributed by atoms with Crippen LogP contribution < -0.4 is 10.1 Å². The highest BCUT2D eigenvalue weighted by Crippen LogP contribution is 2.18. The fourth-order valence-corrected chi connectivity index (χ4v) is 2.11. The van der Waals surface area contributed by atoms with Crippen LogP contribution in [-0.2, 0) is 6.61 Å². The Bertz CT molecular complexity index is 533. The van der Waals surface area contributed by atoms with Crippen molar-refractivity contribution in [2.24, 2.45) is 0 Å². The predicted octanol–water partition coefficient (Wildman–Crippen LogP) is 4.49. The van der Waals surface area contributed by atoms with Crippen LogP contribution in [0.25, 0.3) is 0 Å². The summed E-state index contributed by atoms with van der Waals surface area (Å²) in [5.74, 6) is 0.904. The average Bonchev–Trinajstić information content (AvgIpc) is 2.54. The van der Waals surface area contributed by atoms with Gasteiger partial charge in [-0.25, -0.2) is 0 Å². The molecule has 1 unspecified atom stereocenters. The van der Waals surface area contributed by atoms with Crippen molar-refractivity contribution in [1.82, 2.24) is 5.32 Å². The van der Waals surface area contributed by atoms with E-state index in [4.69, 9.17) is 4.74 Å². The Kier molecular flexibility index (Phi) is 6.04. The van der Waals surface area contributed by atoms with E-state index in [-0.39, 0.29) is 0 Å². The molecule has 21 heavy (non-hydrogen) atoms. The van der Waals surface area contributed by atoms with E-state index in [9.17, 15) is 0 Å². The quantitative estimate of drug-likeness (QED) is 0.568. The second kappa shape index (κ2) is 8.28. The zero-order chi connectivity index (χ0) is 14.9. The van der Waals surface area contributed by atoms with E-state index in [0.29, 0.717) is 12.6 Å². The summed E-state index contributed by atoms with van der Waals surface area (Å²) in [5.41, 5.74) is 2.45. The van der Waals surface area contributed by atoms with Gasteiger partial charge in [-0.15, -0.1) is 6.58 Å². The second-order valence-corrected chi connectivity index (χ2v) is 5.10. The van der Waals surface area contributed by atoms with Crippen molar-refractivity contribution in [3.05, 3.63) is 78.4 Å². The minimum absolute atomic E-state index is 0.341. The Hall–Kier alpha value is -2.06. The zero-order valence-electron chi connectivity index (χ0n) is 12.6. The van der Waals surface area contributed by atoms with Crippen LogP contribution in [0.4, 0.5) is 0 Å². The van der Waals surface area contributed by atoms with E-state index in [1.54, 1.807) is 0 Å². The topological polar surface area (TPSA) is 21.3 Å². The molecule has 0 aliphatic carbocycles. The smallest absolute Gasteiger partial charge is 0.119 e. The van der Waals surface area contributed by atoms with Crippen molar-refractivity contribution >= 4 is 0 Å². The monoisotopic (exact) mass is 281 g/mol. The molecule has 1 N–H and O–H groups in total. The maximum Gasteiger partial charge on any atom is 0.119 e. The third-order valence-corrected chi connectivity index (χ3v) is 3.43. The standard InChI is InChI=1S/C19H23NO/c1-3-4-14-20-16(2)18-10-12-19(13-11-18)21-15-17-8-6-5-7-9-17/h3,5-13,16,20H,1,4,14-15H2,2H3. The van der Waals surface area contributed by atoms with Gasteiger partial charge in [0.1, 0.15) is 12.4 Å². The van der Waals surface area contributed by atoms with Crippen LogP contribution in [0.2, 0.25) is 0 Å². The Morgan fingerprint density at radius 3 is 2.48 bits per heavy atom. The lowest BCUT2D eigenvalue weighted by molar-refractivity contribution is 0.306. The Labute approximate surface area is 127 Å². The lowest BCUT2D eigenvalue weighted by Gasteiger charge is -2.14. The molecule has 0 heterocycles. The number of rotatable bonds is 8. The van der Waals surface area contributed by atoms with Gasteiger partial charge >= 0.3 is 0 Å². The molecule has 2 nitrogen and oxygen atoms in total.